The molecule has 18 heavy (non-hydrogen) atoms. The summed E-state index contributed by atoms with van der Waals surface area (Å²) in [6.45, 7) is 2.06. The van der Waals surface area contributed by atoms with E-state index in [2.05, 4.69) is 17.1 Å². The molecule has 5 nitrogen and oxygen atoms in total. The smallest absolute Gasteiger partial charge is 0.335 e. The standard InChI is InChI=1S/C12H12N2O3S/c1-2-18-7-10-13-11(17-14-10)8-4-3-5-9(6-8)12(15)16/h3-6H,2,7H2,1H3,(H,15,16). The van der Waals surface area contributed by atoms with Crippen LogP contribution in [0.1, 0.15) is 23.1 Å². The topological polar surface area (TPSA) is 76.2 Å². The molecule has 2 aromatic rings. The molecule has 1 aromatic carbocycles. The lowest BCUT2D eigenvalue weighted by Crippen LogP contribution is -1.95. The van der Waals surface area contributed by atoms with E-state index in [1.807, 2.05) is 0 Å². The number of carboxylic acids is 1. The molecule has 1 aromatic heterocycles. The third kappa shape index (κ3) is 2.89. The van der Waals surface area contributed by atoms with E-state index in [0.717, 1.165) is 5.75 Å². The molecule has 0 spiro atoms. The Morgan fingerprint density at radius 3 is 3.06 bits per heavy atom. The largest absolute Gasteiger partial charge is 0.478 e. The first-order valence-corrected chi connectivity index (χ1v) is 6.60. The number of carboxylic acid groups (broad SMARTS) is 1. The van der Waals surface area contributed by atoms with Crippen molar-refractivity contribution in [1.82, 2.24) is 10.1 Å². The molecule has 0 aliphatic carbocycles. The Labute approximate surface area is 108 Å². The molecule has 1 N–H and O–H groups in total. The van der Waals surface area contributed by atoms with Crippen LogP contribution in [-0.2, 0) is 5.75 Å². The third-order valence-corrected chi connectivity index (χ3v) is 3.13. The molecule has 0 saturated carbocycles. The molecular formula is C12H12N2O3S. The summed E-state index contributed by atoms with van der Waals surface area (Å²) < 4.78 is 5.12. The second kappa shape index (κ2) is 5.68. The number of rotatable bonds is 5. The fourth-order valence-corrected chi connectivity index (χ4v) is 1.91. The van der Waals surface area contributed by atoms with E-state index >= 15 is 0 Å². The highest BCUT2D eigenvalue weighted by Gasteiger charge is 2.11. The van der Waals surface area contributed by atoms with Gasteiger partial charge in [0.2, 0.25) is 0 Å². The van der Waals surface area contributed by atoms with Crippen LogP contribution in [0.4, 0.5) is 0 Å². The average Bonchev–Trinajstić information content (AvgIpc) is 2.85. The fourth-order valence-electron chi connectivity index (χ4n) is 1.41. The maximum Gasteiger partial charge on any atom is 0.335 e. The Bertz CT molecular complexity index is 554. The van der Waals surface area contributed by atoms with Crippen molar-refractivity contribution >= 4 is 17.7 Å². The van der Waals surface area contributed by atoms with Crippen molar-refractivity contribution in [3.8, 4) is 11.5 Å². The Morgan fingerprint density at radius 2 is 2.33 bits per heavy atom. The van der Waals surface area contributed by atoms with Gasteiger partial charge in [0, 0.05) is 5.56 Å². The quantitative estimate of drug-likeness (QED) is 0.894. The minimum Gasteiger partial charge on any atom is -0.478 e. The Morgan fingerprint density at radius 1 is 1.50 bits per heavy atom. The zero-order valence-electron chi connectivity index (χ0n) is 9.79. The van der Waals surface area contributed by atoms with Gasteiger partial charge < -0.3 is 9.63 Å². The van der Waals surface area contributed by atoms with Crippen LogP contribution in [0.25, 0.3) is 11.5 Å². The van der Waals surface area contributed by atoms with Crippen LogP contribution in [0.5, 0.6) is 0 Å². The second-order valence-corrected chi connectivity index (χ2v) is 4.81. The number of hydrogen-bond donors (Lipinski definition) is 1. The van der Waals surface area contributed by atoms with Crippen LogP contribution in [-0.4, -0.2) is 27.0 Å². The molecule has 94 valence electrons. The fraction of sp³-hybridized carbons (Fsp3) is 0.250. The highest BCUT2D eigenvalue weighted by atomic mass is 32.2. The summed E-state index contributed by atoms with van der Waals surface area (Å²) in [6.07, 6.45) is 0. The van der Waals surface area contributed by atoms with Gasteiger partial charge in [0.1, 0.15) is 0 Å². The Hall–Kier alpha value is -1.82. The van der Waals surface area contributed by atoms with E-state index in [4.69, 9.17) is 9.63 Å². The van der Waals surface area contributed by atoms with Gasteiger partial charge in [-0.15, -0.1) is 0 Å². The van der Waals surface area contributed by atoms with E-state index < -0.39 is 5.97 Å². The van der Waals surface area contributed by atoms with Gasteiger partial charge in [0.15, 0.2) is 5.82 Å². The number of aromatic nitrogens is 2. The number of aromatic carboxylic acids is 1. The summed E-state index contributed by atoms with van der Waals surface area (Å²) in [5, 5.41) is 12.8. The van der Waals surface area contributed by atoms with E-state index in [-0.39, 0.29) is 5.56 Å². The normalized spacial score (nSPS) is 10.5. The monoisotopic (exact) mass is 264 g/mol. The Balaban J connectivity index is 2.23. The SMILES string of the molecule is CCSCc1noc(-c2cccc(C(=O)O)c2)n1. The van der Waals surface area contributed by atoms with Crippen LogP contribution < -0.4 is 0 Å². The van der Waals surface area contributed by atoms with Crippen LogP contribution >= 0.6 is 11.8 Å². The summed E-state index contributed by atoms with van der Waals surface area (Å²) in [4.78, 5) is 15.1. The lowest BCUT2D eigenvalue weighted by Gasteiger charge is -1.96. The van der Waals surface area contributed by atoms with Gasteiger partial charge in [-0.3, -0.25) is 0 Å². The van der Waals surface area contributed by atoms with Gasteiger partial charge in [-0.25, -0.2) is 4.79 Å². The predicted molar refractivity (Wildman–Crippen MR) is 68.5 cm³/mol. The first kappa shape index (κ1) is 12.6. The molecule has 0 fully saturated rings. The summed E-state index contributed by atoms with van der Waals surface area (Å²) in [5.41, 5.74) is 0.824. The van der Waals surface area contributed by atoms with E-state index in [1.165, 1.54) is 12.1 Å². The minimum atomic E-state index is -0.974. The molecule has 0 unspecified atom stereocenters. The van der Waals surface area contributed by atoms with Crippen molar-refractivity contribution in [2.45, 2.75) is 12.7 Å². The molecular weight excluding hydrogens is 252 g/mol. The minimum absolute atomic E-state index is 0.204. The van der Waals surface area contributed by atoms with Crippen LogP contribution in [0, 0.1) is 0 Å². The Kier molecular flexibility index (Phi) is 3.99. The third-order valence-electron chi connectivity index (χ3n) is 2.26. The zero-order chi connectivity index (χ0) is 13.0. The molecule has 6 heteroatoms. The predicted octanol–water partition coefficient (Wildman–Crippen LogP) is 2.69. The summed E-state index contributed by atoms with van der Waals surface area (Å²) in [6, 6.07) is 6.45. The number of thioether (sulfide) groups is 1. The van der Waals surface area contributed by atoms with Gasteiger partial charge in [-0.05, 0) is 24.0 Å². The molecule has 2 rings (SSSR count). The maximum absolute atomic E-state index is 10.9. The second-order valence-electron chi connectivity index (χ2n) is 3.54. The number of hydrogen-bond acceptors (Lipinski definition) is 5. The van der Waals surface area contributed by atoms with Crippen molar-refractivity contribution in [3.05, 3.63) is 35.7 Å². The van der Waals surface area contributed by atoms with E-state index in [9.17, 15) is 4.79 Å². The number of benzene rings is 1. The van der Waals surface area contributed by atoms with Crippen molar-refractivity contribution < 1.29 is 14.4 Å². The highest BCUT2D eigenvalue weighted by Crippen LogP contribution is 2.20. The van der Waals surface area contributed by atoms with Crippen molar-refractivity contribution in [2.75, 3.05) is 5.75 Å². The first-order valence-electron chi connectivity index (χ1n) is 5.44. The van der Waals surface area contributed by atoms with Gasteiger partial charge in [0.25, 0.3) is 5.89 Å². The molecule has 0 saturated heterocycles. The lowest BCUT2D eigenvalue weighted by atomic mass is 10.1. The van der Waals surface area contributed by atoms with Crippen LogP contribution in [0.15, 0.2) is 28.8 Å². The van der Waals surface area contributed by atoms with Crippen LogP contribution in [0.2, 0.25) is 0 Å². The summed E-state index contributed by atoms with van der Waals surface area (Å²) >= 11 is 1.70. The average molecular weight is 264 g/mol. The summed E-state index contributed by atoms with van der Waals surface area (Å²) in [5.74, 6) is 1.68. The number of nitrogens with zero attached hydrogens (tertiary/aromatic N) is 2. The van der Waals surface area contributed by atoms with Gasteiger partial charge in [-0.1, -0.05) is 18.1 Å². The molecule has 0 atom stereocenters. The lowest BCUT2D eigenvalue weighted by molar-refractivity contribution is 0.0697. The van der Waals surface area contributed by atoms with Crippen LogP contribution in [0.3, 0.4) is 0 Å². The first-order chi connectivity index (χ1) is 8.70. The van der Waals surface area contributed by atoms with Gasteiger partial charge in [0.05, 0.1) is 11.3 Å². The summed E-state index contributed by atoms with van der Waals surface area (Å²) in [7, 11) is 0. The van der Waals surface area contributed by atoms with Crippen molar-refractivity contribution in [2.24, 2.45) is 0 Å². The van der Waals surface area contributed by atoms with Gasteiger partial charge >= 0.3 is 5.97 Å². The maximum atomic E-state index is 10.9. The molecule has 0 bridgehead atoms. The van der Waals surface area contributed by atoms with Gasteiger partial charge in [-0.2, -0.15) is 16.7 Å². The van der Waals surface area contributed by atoms with Crippen molar-refractivity contribution in [3.63, 3.8) is 0 Å². The molecule has 0 radical (unpaired) electrons. The molecule has 0 amide bonds. The molecule has 0 aliphatic heterocycles. The number of carbonyl (C=O) groups is 1. The highest BCUT2D eigenvalue weighted by molar-refractivity contribution is 7.98. The van der Waals surface area contributed by atoms with Crippen molar-refractivity contribution in [1.29, 1.82) is 0 Å². The molecule has 0 aliphatic rings. The van der Waals surface area contributed by atoms with E-state index in [1.54, 1.807) is 23.9 Å². The zero-order valence-corrected chi connectivity index (χ0v) is 10.6. The molecule has 1 heterocycles. The van der Waals surface area contributed by atoms with E-state index in [0.29, 0.717) is 23.0 Å².